The van der Waals surface area contributed by atoms with Gasteiger partial charge in [-0.25, -0.2) is 0 Å². The van der Waals surface area contributed by atoms with Crippen molar-refractivity contribution in [3.05, 3.63) is 0 Å². The minimum Gasteiger partial charge on any atom is -0.296 e. The molecule has 1 rings (SSSR count). The highest BCUT2D eigenvalue weighted by Crippen LogP contribution is 1.99. The lowest BCUT2D eigenvalue weighted by atomic mass is 10.2. The minimum absolute atomic E-state index is 0.464. The van der Waals surface area contributed by atoms with E-state index in [0.29, 0.717) is 0 Å². The standard InChI is InChI=1S/C7H8N2O4/c1-9-6(12)2-4(10)8-5(11)3-7(9)13/h2-3H2,1H3,(H,8,10,11). The number of imide groups is 2. The van der Waals surface area contributed by atoms with E-state index in [1.807, 2.05) is 5.32 Å². The third-order valence-electron chi connectivity index (χ3n) is 1.65. The Morgan fingerprint density at radius 3 is 1.77 bits per heavy atom. The molecule has 0 aromatic heterocycles. The zero-order valence-electron chi connectivity index (χ0n) is 6.99. The van der Waals surface area contributed by atoms with E-state index in [-0.39, 0.29) is 0 Å². The van der Waals surface area contributed by atoms with Crippen LogP contribution in [0, 0.1) is 0 Å². The van der Waals surface area contributed by atoms with Gasteiger partial charge in [-0.2, -0.15) is 0 Å². The molecule has 0 aromatic rings. The second-order valence-electron chi connectivity index (χ2n) is 2.67. The van der Waals surface area contributed by atoms with Crippen LogP contribution in [0.2, 0.25) is 0 Å². The molecule has 0 spiro atoms. The van der Waals surface area contributed by atoms with Crippen LogP contribution in [-0.4, -0.2) is 35.6 Å². The Labute approximate surface area is 73.9 Å². The van der Waals surface area contributed by atoms with Crippen molar-refractivity contribution in [2.75, 3.05) is 7.05 Å². The van der Waals surface area contributed by atoms with E-state index in [1.54, 1.807) is 0 Å². The van der Waals surface area contributed by atoms with Gasteiger partial charge in [0.15, 0.2) is 0 Å². The molecular formula is C7H8N2O4. The first kappa shape index (κ1) is 9.37. The highest BCUT2D eigenvalue weighted by molar-refractivity contribution is 6.15. The van der Waals surface area contributed by atoms with Gasteiger partial charge in [0.25, 0.3) is 0 Å². The van der Waals surface area contributed by atoms with Gasteiger partial charge in [0.05, 0.1) is 0 Å². The maximum absolute atomic E-state index is 11.0. The first-order chi connectivity index (χ1) is 6.00. The zero-order chi connectivity index (χ0) is 10.0. The summed E-state index contributed by atoms with van der Waals surface area (Å²) < 4.78 is 0. The molecule has 4 amide bonds. The van der Waals surface area contributed by atoms with Crippen LogP contribution < -0.4 is 5.32 Å². The first-order valence-corrected chi connectivity index (χ1v) is 3.63. The van der Waals surface area contributed by atoms with Crippen LogP contribution in [0.1, 0.15) is 12.8 Å². The molecule has 1 saturated heterocycles. The van der Waals surface area contributed by atoms with E-state index in [4.69, 9.17) is 0 Å². The Morgan fingerprint density at radius 1 is 1.00 bits per heavy atom. The van der Waals surface area contributed by atoms with Crippen LogP contribution in [0.5, 0.6) is 0 Å². The number of hydrogen-bond donors (Lipinski definition) is 1. The van der Waals surface area contributed by atoms with Crippen molar-refractivity contribution < 1.29 is 19.2 Å². The fourth-order valence-corrected chi connectivity index (χ4v) is 0.895. The van der Waals surface area contributed by atoms with Gasteiger partial charge in [0, 0.05) is 7.05 Å². The van der Waals surface area contributed by atoms with Crippen molar-refractivity contribution >= 4 is 23.6 Å². The largest absolute Gasteiger partial charge is 0.296 e. The Morgan fingerprint density at radius 2 is 1.38 bits per heavy atom. The van der Waals surface area contributed by atoms with Crippen molar-refractivity contribution in [1.29, 1.82) is 0 Å². The van der Waals surface area contributed by atoms with Gasteiger partial charge >= 0.3 is 0 Å². The van der Waals surface area contributed by atoms with Crippen molar-refractivity contribution in [3.63, 3.8) is 0 Å². The van der Waals surface area contributed by atoms with E-state index in [1.165, 1.54) is 7.05 Å². The van der Waals surface area contributed by atoms with Crippen LogP contribution in [0.25, 0.3) is 0 Å². The molecule has 0 saturated carbocycles. The van der Waals surface area contributed by atoms with E-state index in [0.717, 1.165) is 4.90 Å². The molecule has 0 bridgehead atoms. The summed E-state index contributed by atoms with van der Waals surface area (Å²) in [4.78, 5) is 44.5. The zero-order valence-corrected chi connectivity index (χ0v) is 6.99. The van der Waals surface area contributed by atoms with Gasteiger partial charge in [-0.1, -0.05) is 0 Å². The number of rotatable bonds is 0. The number of carbonyl (C=O) groups excluding carboxylic acids is 4. The van der Waals surface area contributed by atoms with Crippen LogP contribution in [0.3, 0.4) is 0 Å². The number of amides is 4. The lowest BCUT2D eigenvalue weighted by Gasteiger charge is -2.17. The average molecular weight is 184 g/mol. The molecule has 6 nitrogen and oxygen atoms in total. The molecule has 1 aliphatic heterocycles. The molecule has 6 heteroatoms. The second-order valence-corrected chi connectivity index (χ2v) is 2.67. The molecule has 1 heterocycles. The molecular weight excluding hydrogens is 176 g/mol. The van der Waals surface area contributed by atoms with Crippen LogP contribution in [0.15, 0.2) is 0 Å². The lowest BCUT2D eigenvalue weighted by molar-refractivity contribution is -0.148. The summed E-state index contributed by atoms with van der Waals surface area (Å²) in [5.74, 6) is -2.55. The molecule has 70 valence electrons. The third-order valence-corrected chi connectivity index (χ3v) is 1.65. The predicted octanol–water partition coefficient (Wildman–Crippen LogP) is -1.59. The average Bonchev–Trinajstić information content (AvgIpc) is 2.00. The van der Waals surface area contributed by atoms with Crippen molar-refractivity contribution in [2.45, 2.75) is 12.8 Å². The summed E-state index contributed by atoms with van der Waals surface area (Å²) in [7, 11) is 1.25. The molecule has 13 heavy (non-hydrogen) atoms. The monoisotopic (exact) mass is 184 g/mol. The molecule has 0 unspecified atom stereocenters. The highest BCUT2D eigenvalue weighted by Gasteiger charge is 2.26. The topological polar surface area (TPSA) is 83.6 Å². The number of nitrogens with zero attached hydrogens (tertiary/aromatic N) is 1. The van der Waals surface area contributed by atoms with Gasteiger partial charge in [0.1, 0.15) is 12.8 Å². The number of carbonyl (C=O) groups is 4. The second kappa shape index (κ2) is 3.34. The SMILES string of the molecule is CN1C(=O)CC(=O)NC(=O)CC1=O. The van der Waals surface area contributed by atoms with Crippen molar-refractivity contribution in [2.24, 2.45) is 0 Å². The van der Waals surface area contributed by atoms with Gasteiger partial charge in [-0.15, -0.1) is 0 Å². The molecule has 1 fully saturated rings. The Hall–Kier alpha value is -1.72. The normalized spacial score (nSPS) is 19.6. The van der Waals surface area contributed by atoms with Gasteiger partial charge in [0.2, 0.25) is 23.6 Å². The summed E-state index contributed by atoms with van der Waals surface area (Å²) in [5, 5.41) is 1.92. The van der Waals surface area contributed by atoms with Gasteiger partial charge < -0.3 is 0 Å². The highest BCUT2D eigenvalue weighted by atomic mass is 16.2. The molecule has 0 aromatic carbocycles. The predicted molar refractivity (Wildman–Crippen MR) is 40.2 cm³/mol. The van der Waals surface area contributed by atoms with E-state index in [9.17, 15) is 19.2 Å². The maximum Gasteiger partial charge on any atom is 0.238 e. The van der Waals surface area contributed by atoms with Crippen LogP contribution >= 0.6 is 0 Å². The van der Waals surface area contributed by atoms with E-state index >= 15 is 0 Å². The summed E-state index contributed by atoms with van der Waals surface area (Å²) in [6.07, 6.45) is -0.929. The quantitative estimate of drug-likeness (QED) is 0.363. The van der Waals surface area contributed by atoms with E-state index in [2.05, 4.69) is 0 Å². The summed E-state index contributed by atoms with van der Waals surface area (Å²) >= 11 is 0. The Kier molecular flexibility index (Phi) is 2.41. The number of hydrogen-bond acceptors (Lipinski definition) is 4. The Bertz CT molecular complexity index is 269. The van der Waals surface area contributed by atoms with Crippen LogP contribution in [-0.2, 0) is 19.2 Å². The maximum atomic E-state index is 11.0. The summed E-state index contributed by atoms with van der Waals surface area (Å²) in [6.45, 7) is 0. The molecule has 0 atom stereocenters. The third kappa shape index (κ3) is 2.11. The molecule has 0 aliphatic carbocycles. The summed E-state index contributed by atoms with van der Waals surface area (Å²) in [5.41, 5.74) is 0. The molecule has 1 N–H and O–H groups in total. The first-order valence-electron chi connectivity index (χ1n) is 3.63. The Balaban J connectivity index is 2.82. The van der Waals surface area contributed by atoms with E-state index < -0.39 is 36.5 Å². The summed E-state index contributed by atoms with van der Waals surface area (Å²) in [6, 6.07) is 0. The smallest absolute Gasteiger partial charge is 0.238 e. The van der Waals surface area contributed by atoms with Crippen LogP contribution in [0.4, 0.5) is 0 Å². The van der Waals surface area contributed by atoms with Gasteiger partial charge in [-0.3, -0.25) is 29.4 Å². The van der Waals surface area contributed by atoms with Crippen molar-refractivity contribution in [1.82, 2.24) is 10.2 Å². The lowest BCUT2D eigenvalue weighted by Crippen LogP contribution is -2.44. The van der Waals surface area contributed by atoms with Gasteiger partial charge in [-0.05, 0) is 0 Å². The minimum atomic E-state index is -0.672. The fraction of sp³-hybridized carbons (Fsp3) is 0.429. The van der Waals surface area contributed by atoms with Crippen molar-refractivity contribution in [3.8, 4) is 0 Å². The fourth-order valence-electron chi connectivity index (χ4n) is 0.895. The number of nitrogens with one attached hydrogen (secondary N) is 1. The molecule has 1 aliphatic rings. The molecule has 0 radical (unpaired) electrons.